The number of hydrazine groups is 1. The van der Waals surface area contributed by atoms with Gasteiger partial charge in [-0.2, -0.15) is 4.83 Å². The van der Waals surface area contributed by atoms with Crippen LogP contribution >= 0.6 is 21.8 Å². The third kappa shape index (κ3) is 7.97. The molecule has 0 amide bonds. The molecule has 0 aliphatic carbocycles. The van der Waals surface area contributed by atoms with E-state index in [9.17, 15) is 0 Å². The summed E-state index contributed by atoms with van der Waals surface area (Å²) >= 11 is 0. The van der Waals surface area contributed by atoms with Crippen LogP contribution in [0.3, 0.4) is 0 Å². The van der Waals surface area contributed by atoms with Crippen molar-refractivity contribution in [3.63, 3.8) is 0 Å². The molecular weight excluding hydrogens is 212 g/mol. The molecule has 0 aromatic heterocycles. The third-order valence-corrected chi connectivity index (χ3v) is 4.36. The van der Waals surface area contributed by atoms with E-state index in [0.29, 0.717) is 0 Å². The van der Waals surface area contributed by atoms with Crippen LogP contribution in [0.5, 0.6) is 0 Å². The van der Waals surface area contributed by atoms with E-state index in [2.05, 4.69) is 10.3 Å². The Morgan fingerprint density at radius 1 is 0.714 bits per heavy atom. The molecule has 84 valence electrons. The van der Waals surface area contributed by atoms with Gasteiger partial charge in [-0.3, -0.25) is 0 Å². The standard InChI is InChI=1S/C10H22N2S2/c1-2-4-6-8-10-13-14-12-11-9-7-5-3-1/h11-12H,1-10H2. The molecule has 0 spiro atoms. The first-order valence-electron chi connectivity index (χ1n) is 5.76. The summed E-state index contributed by atoms with van der Waals surface area (Å²) in [6, 6.07) is 0. The maximum Gasteiger partial charge on any atom is 0.0109 e. The van der Waals surface area contributed by atoms with Gasteiger partial charge in [0.1, 0.15) is 0 Å². The van der Waals surface area contributed by atoms with Crippen molar-refractivity contribution in [1.29, 1.82) is 0 Å². The van der Waals surface area contributed by atoms with Gasteiger partial charge in [0.05, 0.1) is 0 Å². The van der Waals surface area contributed by atoms with E-state index >= 15 is 0 Å². The van der Waals surface area contributed by atoms with Crippen molar-refractivity contribution >= 4 is 21.8 Å². The molecule has 0 saturated carbocycles. The zero-order valence-corrected chi connectivity index (χ0v) is 10.5. The molecule has 1 fully saturated rings. The number of hydrogen-bond acceptors (Lipinski definition) is 4. The predicted molar refractivity (Wildman–Crippen MR) is 68.1 cm³/mol. The summed E-state index contributed by atoms with van der Waals surface area (Å²) in [7, 11) is 3.66. The third-order valence-electron chi connectivity index (χ3n) is 2.45. The van der Waals surface area contributed by atoms with Crippen LogP contribution < -0.4 is 10.3 Å². The van der Waals surface area contributed by atoms with Crippen LogP contribution in [-0.4, -0.2) is 12.3 Å². The van der Waals surface area contributed by atoms with Gasteiger partial charge in [0.2, 0.25) is 0 Å². The maximum atomic E-state index is 3.23. The van der Waals surface area contributed by atoms with Crippen LogP contribution in [0.2, 0.25) is 0 Å². The first kappa shape index (κ1) is 12.7. The predicted octanol–water partition coefficient (Wildman–Crippen LogP) is 3.51. The summed E-state index contributed by atoms with van der Waals surface area (Å²) < 4.78 is 0. The Balaban J connectivity index is 2.00. The largest absolute Gasteiger partial charge is 0.247 e. The molecule has 0 aromatic carbocycles. The van der Waals surface area contributed by atoms with E-state index in [-0.39, 0.29) is 0 Å². The molecule has 4 heteroatoms. The van der Waals surface area contributed by atoms with Crippen LogP contribution in [0.4, 0.5) is 0 Å². The van der Waals surface area contributed by atoms with Crippen LogP contribution in [0.1, 0.15) is 51.4 Å². The molecule has 1 aliphatic rings. The summed E-state index contributed by atoms with van der Waals surface area (Å²) in [6.07, 6.45) is 11.2. The van der Waals surface area contributed by atoms with Gasteiger partial charge in [-0.1, -0.05) is 49.3 Å². The van der Waals surface area contributed by atoms with Gasteiger partial charge in [0, 0.05) is 23.3 Å². The molecule has 1 saturated heterocycles. The van der Waals surface area contributed by atoms with Gasteiger partial charge in [-0.05, 0) is 12.8 Å². The Morgan fingerprint density at radius 2 is 1.36 bits per heavy atom. The van der Waals surface area contributed by atoms with Crippen molar-refractivity contribution in [1.82, 2.24) is 10.3 Å². The van der Waals surface area contributed by atoms with Crippen molar-refractivity contribution in [2.75, 3.05) is 12.3 Å². The number of rotatable bonds is 0. The highest BCUT2D eigenvalue weighted by Gasteiger charge is 1.95. The lowest BCUT2D eigenvalue weighted by Crippen LogP contribution is -2.25. The SMILES string of the molecule is C1CCCCCSSNNCCCC1. The van der Waals surface area contributed by atoms with Gasteiger partial charge in [0.15, 0.2) is 0 Å². The fourth-order valence-electron chi connectivity index (χ4n) is 1.59. The topological polar surface area (TPSA) is 24.1 Å². The lowest BCUT2D eigenvalue weighted by molar-refractivity contribution is 0.553. The fraction of sp³-hybridized carbons (Fsp3) is 1.00. The van der Waals surface area contributed by atoms with Gasteiger partial charge in [-0.25, -0.2) is 5.43 Å². The van der Waals surface area contributed by atoms with Crippen molar-refractivity contribution in [3.8, 4) is 0 Å². The molecule has 1 aliphatic heterocycles. The normalized spacial score (nSPS) is 24.0. The zero-order chi connectivity index (χ0) is 9.90. The molecule has 0 atom stereocenters. The number of nitrogens with one attached hydrogen (secondary N) is 2. The monoisotopic (exact) mass is 234 g/mol. The summed E-state index contributed by atoms with van der Waals surface area (Å²) in [5.41, 5.74) is 3.23. The molecule has 2 N–H and O–H groups in total. The Labute approximate surface area is 95.9 Å². The van der Waals surface area contributed by atoms with Gasteiger partial charge < -0.3 is 0 Å². The Bertz CT molecular complexity index is 69.4. The zero-order valence-electron chi connectivity index (χ0n) is 8.89. The van der Waals surface area contributed by atoms with E-state index in [0.717, 1.165) is 6.54 Å². The van der Waals surface area contributed by atoms with E-state index in [1.165, 1.54) is 57.1 Å². The van der Waals surface area contributed by atoms with E-state index in [1.807, 2.05) is 10.8 Å². The second kappa shape index (κ2) is 10.1. The van der Waals surface area contributed by atoms with E-state index in [1.54, 1.807) is 11.0 Å². The number of hydrogen-bond donors (Lipinski definition) is 2. The summed E-state index contributed by atoms with van der Waals surface area (Å²) in [6.45, 7) is 1.10. The summed E-state index contributed by atoms with van der Waals surface area (Å²) in [5, 5.41) is 0. The second-order valence-electron chi connectivity index (χ2n) is 3.76. The molecule has 0 aromatic rings. The minimum absolute atomic E-state index is 1.10. The highest BCUT2D eigenvalue weighted by Crippen LogP contribution is 2.19. The highest BCUT2D eigenvalue weighted by molar-refractivity contribution is 8.75. The van der Waals surface area contributed by atoms with Crippen molar-refractivity contribution in [2.45, 2.75) is 51.4 Å². The summed E-state index contributed by atoms with van der Waals surface area (Å²) in [4.78, 5) is 3.17. The lowest BCUT2D eigenvalue weighted by Gasteiger charge is -2.07. The van der Waals surface area contributed by atoms with E-state index < -0.39 is 0 Å². The first-order chi connectivity index (χ1) is 7.00. The van der Waals surface area contributed by atoms with Crippen molar-refractivity contribution < 1.29 is 0 Å². The van der Waals surface area contributed by atoms with Gasteiger partial charge >= 0.3 is 0 Å². The average Bonchev–Trinajstić information content (AvgIpc) is 2.22. The molecule has 1 heterocycles. The maximum absolute atomic E-state index is 3.23. The first-order valence-corrected chi connectivity index (χ1v) is 8.08. The second-order valence-corrected chi connectivity index (χ2v) is 5.98. The van der Waals surface area contributed by atoms with E-state index in [4.69, 9.17) is 0 Å². The molecule has 0 unspecified atom stereocenters. The molecule has 0 radical (unpaired) electrons. The quantitative estimate of drug-likeness (QED) is 0.495. The molecule has 0 bridgehead atoms. The highest BCUT2D eigenvalue weighted by atomic mass is 33.1. The molecule has 14 heavy (non-hydrogen) atoms. The minimum Gasteiger partial charge on any atom is -0.247 e. The molecule has 2 nitrogen and oxygen atoms in total. The van der Waals surface area contributed by atoms with Crippen LogP contribution in [0, 0.1) is 0 Å². The summed E-state index contributed by atoms with van der Waals surface area (Å²) in [5.74, 6) is 1.28. The van der Waals surface area contributed by atoms with Crippen molar-refractivity contribution in [2.24, 2.45) is 0 Å². The fourth-order valence-corrected chi connectivity index (χ4v) is 3.17. The van der Waals surface area contributed by atoms with Crippen LogP contribution in [-0.2, 0) is 0 Å². The lowest BCUT2D eigenvalue weighted by atomic mass is 10.1. The smallest absolute Gasteiger partial charge is 0.0109 e. The average molecular weight is 234 g/mol. The Kier molecular flexibility index (Phi) is 9.20. The van der Waals surface area contributed by atoms with Crippen LogP contribution in [0.15, 0.2) is 0 Å². The van der Waals surface area contributed by atoms with Crippen LogP contribution in [0.25, 0.3) is 0 Å². The Morgan fingerprint density at radius 3 is 2.14 bits per heavy atom. The van der Waals surface area contributed by atoms with Gasteiger partial charge in [-0.15, -0.1) is 0 Å². The molecule has 1 rings (SSSR count). The Hall–Kier alpha value is 0.620. The van der Waals surface area contributed by atoms with Gasteiger partial charge in [0.25, 0.3) is 0 Å². The van der Waals surface area contributed by atoms with Crippen molar-refractivity contribution in [3.05, 3.63) is 0 Å². The molecular formula is C10H22N2S2. The minimum atomic E-state index is 1.10.